The highest BCUT2D eigenvalue weighted by atomic mass is 19.1. The molecule has 1 aromatic heterocycles. The zero-order chi connectivity index (χ0) is 22.2. The highest BCUT2D eigenvalue weighted by molar-refractivity contribution is 5.78. The molecule has 0 fully saturated rings. The van der Waals surface area contributed by atoms with Gasteiger partial charge in [-0.05, 0) is 55.8 Å². The molecule has 1 heterocycles. The Bertz CT molecular complexity index is 1010. The van der Waals surface area contributed by atoms with Crippen LogP contribution in [0.4, 0.5) is 8.78 Å². The molecule has 0 bridgehead atoms. The van der Waals surface area contributed by atoms with Crippen LogP contribution >= 0.6 is 0 Å². The van der Waals surface area contributed by atoms with Crippen molar-refractivity contribution in [3.8, 4) is 11.4 Å². The first-order valence-electron chi connectivity index (χ1n) is 10.3. The van der Waals surface area contributed by atoms with Crippen LogP contribution in [0.25, 0.3) is 11.4 Å². The van der Waals surface area contributed by atoms with Crippen LogP contribution in [0.2, 0.25) is 0 Å². The van der Waals surface area contributed by atoms with Crippen LogP contribution < -0.4 is 5.32 Å². The van der Waals surface area contributed by atoms with E-state index in [2.05, 4.69) is 15.5 Å². The number of aryl methyl sites for hydroxylation is 2. The molecular weight excluding hydrogens is 402 g/mol. The number of carbonyl (C=O) groups excluding carboxylic acids is 1. The molecule has 0 aliphatic heterocycles. The molecule has 0 unspecified atom stereocenters. The highest BCUT2D eigenvalue weighted by Gasteiger charge is 2.12. The first-order chi connectivity index (χ1) is 14.9. The summed E-state index contributed by atoms with van der Waals surface area (Å²) in [5, 5.41) is 6.77. The monoisotopic (exact) mass is 428 g/mol. The van der Waals surface area contributed by atoms with Gasteiger partial charge >= 0.3 is 0 Å². The number of hydrogen-bond donors (Lipinski definition) is 1. The molecule has 8 heteroatoms. The summed E-state index contributed by atoms with van der Waals surface area (Å²) in [7, 11) is 0. The standard InChI is InChI=1S/C23H26F2N4O2/c1-3-29(15-21(30)26-14-17-7-10-19(24)11-8-17)12-4-5-22-27-23(28-31-22)18-9-6-16(2)20(25)13-18/h6-11,13H,3-5,12,14-15H2,1-2H3,(H,26,30). The van der Waals surface area contributed by atoms with Gasteiger partial charge in [-0.3, -0.25) is 9.69 Å². The fourth-order valence-corrected chi connectivity index (χ4v) is 3.07. The summed E-state index contributed by atoms with van der Waals surface area (Å²) >= 11 is 0. The lowest BCUT2D eigenvalue weighted by atomic mass is 10.1. The molecule has 2 aromatic carbocycles. The summed E-state index contributed by atoms with van der Waals surface area (Å²) in [5.74, 6) is 0.147. The van der Waals surface area contributed by atoms with E-state index >= 15 is 0 Å². The molecule has 31 heavy (non-hydrogen) atoms. The smallest absolute Gasteiger partial charge is 0.234 e. The Hall–Kier alpha value is -3.13. The Balaban J connectivity index is 1.43. The topological polar surface area (TPSA) is 71.3 Å². The van der Waals surface area contributed by atoms with Gasteiger partial charge in [0.15, 0.2) is 0 Å². The third kappa shape index (κ3) is 6.68. The third-order valence-electron chi connectivity index (χ3n) is 4.98. The Morgan fingerprint density at radius 1 is 1.16 bits per heavy atom. The van der Waals surface area contributed by atoms with Gasteiger partial charge in [0, 0.05) is 18.5 Å². The van der Waals surface area contributed by atoms with E-state index in [9.17, 15) is 13.6 Å². The number of nitrogens with zero attached hydrogens (tertiary/aromatic N) is 3. The lowest BCUT2D eigenvalue weighted by molar-refractivity contribution is -0.122. The van der Waals surface area contributed by atoms with E-state index in [-0.39, 0.29) is 24.1 Å². The second-order valence-electron chi connectivity index (χ2n) is 7.35. The maximum Gasteiger partial charge on any atom is 0.234 e. The van der Waals surface area contributed by atoms with Crippen molar-refractivity contribution < 1.29 is 18.1 Å². The molecule has 0 aliphatic carbocycles. The summed E-state index contributed by atoms with van der Waals surface area (Å²) < 4.78 is 31.9. The third-order valence-corrected chi connectivity index (χ3v) is 4.98. The van der Waals surface area contributed by atoms with Crippen molar-refractivity contribution in [3.05, 3.63) is 71.1 Å². The molecule has 164 valence electrons. The van der Waals surface area contributed by atoms with Crippen LogP contribution in [0.5, 0.6) is 0 Å². The highest BCUT2D eigenvalue weighted by Crippen LogP contribution is 2.19. The quantitative estimate of drug-likeness (QED) is 0.530. The van der Waals surface area contributed by atoms with E-state index in [1.54, 1.807) is 31.2 Å². The van der Waals surface area contributed by atoms with Gasteiger partial charge in [-0.25, -0.2) is 8.78 Å². The minimum Gasteiger partial charge on any atom is -0.351 e. The van der Waals surface area contributed by atoms with E-state index in [1.807, 2.05) is 11.8 Å². The van der Waals surface area contributed by atoms with E-state index in [0.717, 1.165) is 18.5 Å². The largest absolute Gasteiger partial charge is 0.351 e. The molecule has 1 N–H and O–H groups in total. The van der Waals surface area contributed by atoms with Crippen LogP contribution in [0.3, 0.4) is 0 Å². The first-order valence-corrected chi connectivity index (χ1v) is 10.3. The summed E-state index contributed by atoms with van der Waals surface area (Å²) in [6.45, 7) is 5.74. The minimum absolute atomic E-state index is 0.0901. The van der Waals surface area contributed by atoms with Gasteiger partial charge in [-0.2, -0.15) is 4.98 Å². The van der Waals surface area contributed by atoms with E-state index in [4.69, 9.17) is 4.52 Å². The van der Waals surface area contributed by atoms with Gasteiger partial charge in [0.25, 0.3) is 0 Å². The number of amides is 1. The van der Waals surface area contributed by atoms with Gasteiger partial charge in [0.05, 0.1) is 6.54 Å². The number of nitrogens with one attached hydrogen (secondary N) is 1. The summed E-state index contributed by atoms with van der Waals surface area (Å²) in [4.78, 5) is 18.6. The fourth-order valence-electron chi connectivity index (χ4n) is 3.07. The van der Waals surface area contributed by atoms with Gasteiger partial charge < -0.3 is 9.84 Å². The molecule has 0 saturated heterocycles. The number of hydrogen-bond acceptors (Lipinski definition) is 5. The number of rotatable bonds is 10. The normalized spacial score (nSPS) is 11.1. The number of benzene rings is 2. The van der Waals surface area contributed by atoms with Crippen LogP contribution in [0.15, 0.2) is 47.0 Å². The van der Waals surface area contributed by atoms with Crippen molar-refractivity contribution in [2.45, 2.75) is 33.2 Å². The van der Waals surface area contributed by atoms with Gasteiger partial charge in [0.2, 0.25) is 17.6 Å². The predicted molar refractivity (Wildman–Crippen MR) is 113 cm³/mol. The van der Waals surface area contributed by atoms with Gasteiger partial charge in [-0.1, -0.05) is 36.3 Å². The second kappa shape index (κ2) is 10.8. The van der Waals surface area contributed by atoms with Crippen LogP contribution in [0.1, 0.15) is 30.4 Å². The second-order valence-corrected chi connectivity index (χ2v) is 7.35. The maximum absolute atomic E-state index is 13.7. The zero-order valence-electron chi connectivity index (χ0n) is 17.7. The van der Waals surface area contributed by atoms with Crippen LogP contribution in [0, 0.1) is 18.6 Å². The molecule has 0 radical (unpaired) electrons. The van der Waals surface area contributed by atoms with Crippen molar-refractivity contribution in [2.24, 2.45) is 0 Å². The molecule has 3 rings (SSSR count). The molecular formula is C23H26F2N4O2. The summed E-state index contributed by atoms with van der Waals surface area (Å²) in [6, 6.07) is 10.9. The van der Waals surface area contributed by atoms with Crippen LogP contribution in [-0.4, -0.2) is 40.6 Å². The number of likely N-dealkylation sites (N-methyl/N-ethyl adjacent to an activating group) is 1. The average Bonchev–Trinajstić information content (AvgIpc) is 3.23. The van der Waals surface area contributed by atoms with Crippen molar-refractivity contribution in [1.29, 1.82) is 0 Å². The Kier molecular flexibility index (Phi) is 7.83. The van der Waals surface area contributed by atoms with Crippen molar-refractivity contribution in [3.63, 3.8) is 0 Å². The van der Waals surface area contributed by atoms with Crippen molar-refractivity contribution in [1.82, 2.24) is 20.4 Å². The average molecular weight is 428 g/mol. The molecule has 0 aliphatic rings. The molecule has 0 saturated carbocycles. The summed E-state index contributed by atoms with van der Waals surface area (Å²) in [6.07, 6.45) is 1.30. The lowest BCUT2D eigenvalue weighted by Gasteiger charge is -2.19. The fraction of sp³-hybridized carbons (Fsp3) is 0.348. The van der Waals surface area contributed by atoms with Gasteiger partial charge in [-0.15, -0.1) is 0 Å². The van der Waals surface area contributed by atoms with E-state index in [0.29, 0.717) is 42.4 Å². The molecule has 1 amide bonds. The molecule has 6 nitrogen and oxygen atoms in total. The first kappa shape index (κ1) is 22.6. The van der Waals surface area contributed by atoms with E-state index in [1.165, 1.54) is 18.2 Å². The lowest BCUT2D eigenvalue weighted by Crippen LogP contribution is -2.37. The van der Waals surface area contributed by atoms with Crippen molar-refractivity contribution in [2.75, 3.05) is 19.6 Å². The van der Waals surface area contributed by atoms with E-state index < -0.39 is 0 Å². The van der Waals surface area contributed by atoms with Crippen molar-refractivity contribution >= 4 is 5.91 Å². The molecule has 0 spiro atoms. The van der Waals surface area contributed by atoms with Gasteiger partial charge in [0.1, 0.15) is 11.6 Å². The predicted octanol–water partition coefficient (Wildman–Crippen LogP) is 3.89. The molecule has 3 aromatic rings. The Labute approximate surface area is 180 Å². The Morgan fingerprint density at radius 3 is 2.65 bits per heavy atom. The zero-order valence-corrected chi connectivity index (χ0v) is 17.7. The summed E-state index contributed by atoms with van der Waals surface area (Å²) in [5.41, 5.74) is 1.98. The number of carbonyl (C=O) groups is 1. The minimum atomic E-state index is -0.305. The Morgan fingerprint density at radius 2 is 1.94 bits per heavy atom. The maximum atomic E-state index is 13.7. The number of aromatic nitrogens is 2. The SMILES string of the molecule is CCN(CCCc1nc(-c2ccc(C)c(F)c2)no1)CC(=O)NCc1ccc(F)cc1. The number of halogens is 2. The van der Waals surface area contributed by atoms with Crippen LogP contribution in [-0.2, 0) is 17.8 Å². The molecule has 0 atom stereocenters.